The molecule has 0 aliphatic rings. The van der Waals surface area contributed by atoms with Crippen molar-refractivity contribution < 1.29 is 32.7 Å². The summed E-state index contributed by atoms with van der Waals surface area (Å²) in [5, 5.41) is 4.28. The van der Waals surface area contributed by atoms with Crippen LogP contribution in [-0.4, -0.2) is 19.6 Å². The van der Waals surface area contributed by atoms with E-state index in [9.17, 15) is 0 Å². The summed E-state index contributed by atoms with van der Waals surface area (Å²) in [6.45, 7) is 16.5. The van der Waals surface area contributed by atoms with Crippen LogP contribution in [0.4, 0.5) is 0 Å². The Bertz CT molecular complexity index is 751. The minimum atomic E-state index is 0. The van der Waals surface area contributed by atoms with Gasteiger partial charge in [0.25, 0.3) is 5.78 Å². The van der Waals surface area contributed by atoms with Crippen LogP contribution in [0.3, 0.4) is 0 Å². The van der Waals surface area contributed by atoms with E-state index < -0.39 is 0 Å². The van der Waals surface area contributed by atoms with Gasteiger partial charge in [-0.25, -0.2) is 9.50 Å². The zero-order valence-electron chi connectivity index (χ0n) is 15.6. The first-order valence-electron chi connectivity index (χ1n) is 8.26. The van der Waals surface area contributed by atoms with Crippen LogP contribution >= 0.6 is 0 Å². The van der Waals surface area contributed by atoms with E-state index >= 15 is 0 Å². The van der Waals surface area contributed by atoms with Crippen LogP contribution in [0.15, 0.2) is 42.7 Å². The third-order valence-electron chi connectivity index (χ3n) is 3.18. The van der Waals surface area contributed by atoms with Gasteiger partial charge in [0.1, 0.15) is 6.33 Å². The fourth-order valence-corrected chi connectivity index (χ4v) is 2.40. The molecule has 0 amide bonds. The predicted octanol–water partition coefficient (Wildman–Crippen LogP) is 4.89. The van der Waals surface area contributed by atoms with E-state index in [1.54, 1.807) is 13.3 Å². The van der Waals surface area contributed by atoms with Gasteiger partial charge >= 0.3 is 0 Å². The molecule has 3 aromatic rings. The standard InChI is InChI=1S/C15H15N4.C3H5.C2H6.Y/c1-3-7-13-14(12-8-5-4-6-9-12)11(2)18-15-16-10-17-19(13)15;1-3-2;1-2;/h4-6,8-10H,1,3,7H2,2H3;1,3H,2H3;1-2H3;/q2*-1;;. The normalized spacial score (nSPS) is 9.16. The molecule has 0 N–H and O–H groups in total. The van der Waals surface area contributed by atoms with E-state index in [1.807, 2.05) is 43.5 Å². The monoisotopic (exact) mass is 411 g/mol. The molecule has 0 saturated heterocycles. The first kappa shape index (κ1) is 23.6. The van der Waals surface area contributed by atoms with Gasteiger partial charge in [-0.3, -0.25) is 6.08 Å². The Morgan fingerprint density at radius 3 is 2.36 bits per heavy atom. The summed E-state index contributed by atoms with van der Waals surface area (Å²) in [4.78, 5) is 8.70. The number of aromatic nitrogens is 4. The number of nitrogens with zero attached hydrogens (tertiary/aromatic N) is 4. The molecular formula is C20H26N4Y-2. The van der Waals surface area contributed by atoms with Crippen LogP contribution in [0.5, 0.6) is 0 Å². The Labute approximate surface area is 176 Å². The number of aryl methyl sites for hydroxylation is 2. The van der Waals surface area contributed by atoms with Gasteiger partial charge < -0.3 is 13.5 Å². The van der Waals surface area contributed by atoms with Crippen LogP contribution in [0.2, 0.25) is 0 Å². The van der Waals surface area contributed by atoms with Crippen molar-refractivity contribution in [3.05, 3.63) is 67.6 Å². The van der Waals surface area contributed by atoms with Gasteiger partial charge in [-0.1, -0.05) is 51.1 Å². The average molecular weight is 411 g/mol. The summed E-state index contributed by atoms with van der Waals surface area (Å²) in [6, 6.07) is 10.3. The SMILES string of the molecule is CC.[CH-]=CC.[CH2-]CCc1c(-c2ccccc2)c(C)nc2ncnn12.[Y]. The molecule has 2 heterocycles. The van der Waals surface area contributed by atoms with Gasteiger partial charge in [0.05, 0.1) is 11.4 Å². The van der Waals surface area contributed by atoms with Crippen molar-refractivity contribution in [2.24, 2.45) is 0 Å². The molecule has 0 bridgehead atoms. The number of rotatable bonds is 3. The molecule has 1 aromatic carbocycles. The van der Waals surface area contributed by atoms with Crippen molar-refractivity contribution in [3.63, 3.8) is 0 Å². The molecule has 131 valence electrons. The average Bonchev–Trinajstić information content (AvgIpc) is 3.07. The molecule has 3 rings (SSSR count). The van der Waals surface area contributed by atoms with Crippen LogP contribution < -0.4 is 0 Å². The maximum Gasteiger partial charge on any atom is 0.252 e. The fraction of sp³-hybridized carbons (Fsp3) is 0.300. The number of fused-ring (bicyclic) bond motifs is 1. The van der Waals surface area contributed by atoms with Gasteiger partial charge in [0, 0.05) is 38.3 Å². The summed E-state index contributed by atoms with van der Waals surface area (Å²) in [6.07, 6.45) is 4.72. The minimum absolute atomic E-state index is 0. The smallest absolute Gasteiger partial charge is 0.252 e. The van der Waals surface area contributed by atoms with Crippen molar-refractivity contribution in [3.8, 4) is 11.1 Å². The van der Waals surface area contributed by atoms with E-state index in [0.717, 1.165) is 35.4 Å². The molecule has 0 unspecified atom stereocenters. The van der Waals surface area contributed by atoms with E-state index in [1.165, 1.54) is 6.08 Å². The zero-order valence-corrected chi connectivity index (χ0v) is 18.4. The quantitative estimate of drug-likeness (QED) is 0.577. The Morgan fingerprint density at radius 1 is 1.20 bits per heavy atom. The van der Waals surface area contributed by atoms with Gasteiger partial charge in [-0.15, -0.1) is 0 Å². The second-order valence-corrected chi connectivity index (χ2v) is 4.79. The Kier molecular flexibility index (Phi) is 12.2. The van der Waals surface area contributed by atoms with Crippen molar-refractivity contribution >= 4 is 5.78 Å². The first-order chi connectivity index (χ1) is 11.7. The second-order valence-electron chi connectivity index (χ2n) is 4.79. The summed E-state index contributed by atoms with van der Waals surface area (Å²) in [5.41, 5.74) is 4.41. The summed E-state index contributed by atoms with van der Waals surface area (Å²) in [7, 11) is 0. The molecule has 25 heavy (non-hydrogen) atoms. The third kappa shape index (κ3) is 6.12. The third-order valence-corrected chi connectivity index (χ3v) is 3.18. The van der Waals surface area contributed by atoms with Gasteiger partial charge in [-0.05, 0) is 18.9 Å². The summed E-state index contributed by atoms with van der Waals surface area (Å²) in [5.74, 6) is 0.653. The van der Waals surface area contributed by atoms with Crippen LogP contribution in [0, 0.1) is 20.4 Å². The maximum atomic E-state index is 4.72. The predicted molar refractivity (Wildman–Crippen MR) is 101 cm³/mol. The topological polar surface area (TPSA) is 43.1 Å². The van der Waals surface area contributed by atoms with Crippen molar-refractivity contribution in [1.82, 2.24) is 19.6 Å². The molecule has 0 fully saturated rings. The molecule has 0 spiro atoms. The van der Waals surface area contributed by atoms with Crippen molar-refractivity contribution in [1.29, 1.82) is 0 Å². The fourth-order valence-electron chi connectivity index (χ4n) is 2.40. The number of hydrogen-bond acceptors (Lipinski definition) is 3. The molecule has 5 heteroatoms. The van der Waals surface area contributed by atoms with Crippen LogP contribution in [0.25, 0.3) is 16.9 Å². The van der Waals surface area contributed by atoms with Crippen molar-refractivity contribution in [2.45, 2.75) is 40.5 Å². The number of allylic oxidation sites excluding steroid dienone is 1. The molecular weight excluding hydrogens is 385 g/mol. The van der Waals surface area contributed by atoms with E-state index in [2.05, 4.69) is 34.1 Å². The largest absolute Gasteiger partial charge is 0.518 e. The molecule has 0 saturated carbocycles. The first-order valence-corrected chi connectivity index (χ1v) is 8.26. The van der Waals surface area contributed by atoms with E-state index in [4.69, 9.17) is 6.58 Å². The van der Waals surface area contributed by atoms with E-state index in [0.29, 0.717) is 5.78 Å². The van der Waals surface area contributed by atoms with Crippen molar-refractivity contribution in [2.75, 3.05) is 0 Å². The zero-order chi connectivity index (χ0) is 17.9. The molecule has 0 aliphatic heterocycles. The Hall–Kier alpha value is -1.39. The summed E-state index contributed by atoms with van der Waals surface area (Å²) >= 11 is 0. The van der Waals surface area contributed by atoms with Gasteiger partial charge in [0.15, 0.2) is 0 Å². The van der Waals surface area contributed by atoms with E-state index in [-0.39, 0.29) is 32.7 Å². The second kappa shape index (κ2) is 12.9. The maximum absolute atomic E-state index is 4.72. The van der Waals surface area contributed by atoms with Crippen LogP contribution in [0.1, 0.15) is 38.6 Å². The van der Waals surface area contributed by atoms with Gasteiger partial charge in [0.2, 0.25) is 0 Å². The number of hydrogen-bond donors (Lipinski definition) is 0. The Balaban J connectivity index is 0.000000872. The molecule has 1 radical (unpaired) electrons. The molecule has 0 aliphatic carbocycles. The molecule has 4 nitrogen and oxygen atoms in total. The van der Waals surface area contributed by atoms with Gasteiger partial charge in [-0.2, -0.15) is 16.5 Å². The van der Waals surface area contributed by atoms with Crippen LogP contribution in [-0.2, 0) is 39.1 Å². The molecule has 2 aromatic heterocycles. The minimum Gasteiger partial charge on any atom is -0.518 e. The Morgan fingerprint density at radius 2 is 1.80 bits per heavy atom. The molecule has 0 atom stereocenters. The number of benzene rings is 1. The summed E-state index contributed by atoms with van der Waals surface area (Å²) < 4.78 is 1.82.